The van der Waals surface area contributed by atoms with Gasteiger partial charge in [0, 0.05) is 24.0 Å². The Morgan fingerprint density at radius 1 is 0.964 bits per heavy atom. The molecular weight excluding hydrogens is 353 g/mol. The van der Waals surface area contributed by atoms with E-state index in [1.54, 1.807) is 19.2 Å². The normalized spacial score (nSPS) is 14.6. The molecule has 0 radical (unpaired) electrons. The number of anilines is 3. The SMILES string of the molecule is Cc1ccc(Nc2cc(-c3ccccn3)nc(NC3CCCCC3)n2)cc1F. The summed E-state index contributed by atoms with van der Waals surface area (Å²) in [5, 5.41) is 6.67. The Hall–Kier alpha value is -3.02. The highest BCUT2D eigenvalue weighted by Crippen LogP contribution is 2.25. The van der Waals surface area contributed by atoms with Crippen LogP contribution in [0.15, 0.2) is 48.7 Å². The lowest BCUT2D eigenvalue weighted by Crippen LogP contribution is -2.23. The van der Waals surface area contributed by atoms with Crippen LogP contribution in [0.1, 0.15) is 37.7 Å². The molecule has 1 saturated carbocycles. The summed E-state index contributed by atoms with van der Waals surface area (Å²) in [6.45, 7) is 1.75. The van der Waals surface area contributed by atoms with Gasteiger partial charge in [0.25, 0.3) is 0 Å². The summed E-state index contributed by atoms with van der Waals surface area (Å²) < 4.78 is 13.9. The van der Waals surface area contributed by atoms with Gasteiger partial charge in [-0.15, -0.1) is 0 Å². The van der Waals surface area contributed by atoms with E-state index in [1.807, 2.05) is 30.3 Å². The first-order chi connectivity index (χ1) is 13.7. The van der Waals surface area contributed by atoms with Gasteiger partial charge in [0.1, 0.15) is 11.6 Å². The average molecular weight is 377 g/mol. The van der Waals surface area contributed by atoms with E-state index in [9.17, 15) is 4.39 Å². The van der Waals surface area contributed by atoms with Crippen molar-refractivity contribution in [1.29, 1.82) is 0 Å². The van der Waals surface area contributed by atoms with Crippen molar-refractivity contribution in [3.8, 4) is 11.4 Å². The molecular formula is C22H24FN5. The summed E-state index contributed by atoms with van der Waals surface area (Å²) in [7, 11) is 0. The molecule has 5 nitrogen and oxygen atoms in total. The van der Waals surface area contributed by atoms with E-state index in [0.29, 0.717) is 29.1 Å². The number of aryl methyl sites for hydroxylation is 1. The van der Waals surface area contributed by atoms with Crippen molar-refractivity contribution in [1.82, 2.24) is 15.0 Å². The van der Waals surface area contributed by atoms with Gasteiger partial charge >= 0.3 is 0 Å². The van der Waals surface area contributed by atoms with Gasteiger partial charge in [0.05, 0.1) is 11.4 Å². The third kappa shape index (κ3) is 4.44. The largest absolute Gasteiger partial charge is 0.351 e. The van der Waals surface area contributed by atoms with Crippen LogP contribution in [0.4, 0.5) is 21.8 Å². The maximum atomic E-state index is 13.9. The highest BCUT2D eigenvalue weighted by atomic mass is 19.1. The number of hydrogen-bond acceptors (Lipinski definition) is 5. The molecule has 0 saturated heterocycles. The van der Waals surface area contributed by atoms with Gasteiger partial charge in [-0.3, -0.25) is 4.98 Å². The van der Waals surface area contributed by atoms with Crippen molar-refractivity contribution in [3.05, 3.63) is 60.0 Å². The minimum atomic E-state index is -0.246. The van der Waals surface area contributed by atoms with Crippen molar-refractivity contribution in [2.75, 3.05) is 10.6 Å². The molecule has 1 aliphatic rings. The Morgan fingerprint density at radius 2 is 1.82 bits per heavy atom. The van der Waals surface area contributed by atoms with E-state index < -0.39 is 0 Å². The molecule has 0 aliphatic heterocycles. The molecule has 0 spiro atoms. The predicted octanol–water partition coefficient (Wildman–Crippen LogP) is 5.47. The molecule has 1 aromatic carbocycles. The third-order valence-corrected chi connectivity index (χ3v) is 5.04. The van der Waals surface area contributed by atoms with Crippen LogP contribution in [0.25, 0.3) is 11.4 Å². The lowest BCUT2D eigenvalue weighted by Gasteiger charge is -2.23. The third-order valence-electron chi connectivity index (χ3n) is 5.04. The zero-order chi connectivity index (χ0) is 19.3. The van der Waals surface area contributed by atoms with Gasteiger partial charge in [0.2, 0.25) is 5.95 Å². The lowest BCUT2D eigenvalue weighted by molar-refractivity contribution is 0.461. The Morgan fingerprint density at radius 3 is 2.57 bits per heavy atom. The van der Waals surface area contributed by atoms with Gasteiger partial charge in [-0.25, -0.2) is 9.37 Å². The fourth-order valence-corrected chi connectivity index (χ4v) is 3.47. The first-order valence-corrected chi connectivity index (χ1v) is 9.77. The zero-order valence-electron chi connectivity index (χ0n) is 16.0. The van der Waals surface area contributed by atoms with Crippen LogP contribution in [0.5, 0.6) is 0 Å². The summed E-state index contributed by atoms with van der Waals surface area (Å²) in [5.41, 5.74) is 2.76. The predicted molar refractivity (Wildman–Crippen MR) is 110 cm³/mol. The highest BCUT2D eigenvalue weighted by molar-refractivity contribution is 5.65. The van der Waals surface area contributed by atoms with Crippen LogP contribution in [0.2, 0.25) is 0 Å². The molecule has 4 rings (SSSR count). The number of nitrogens with one attached hydrogen (secondary N) is 2. The summed E-state index contributed by atoms with van der Waals surface area (Å²) in [6.07, 6.45) is 7.75. The Balaban J connectivity index is 1.65. The molecule has 0 unspecified atom stereocenters. The number of benzene rings is 1. The minimum Gasteiger partial charge on any atom is -0.351 e. The maximum Gasteiger partial charge on any atom is 0.225 e. The van der Waals surface area contributed by atoms with Crippen LogP contribution < -0.4 is 10.6 Å². The monoisotopic (exact) mass is 377 g/mol. The first kappa shape index (κ1) is 18.3. The number of aromatic nitrogens is 3. The van der Waals surface area contributed by atoms with E-state index in [1.165, 1.54) is 25.3 Å². The van der Waals surface area contributed by atoms with Gasteiger partial charge in [0.15, 0.2) is 0 Å². The smallest absolute Gasteiger partial charge is 0.225 e. The second-order valence-corrected chi connectivity index (χ2v) is 7.25. The topological polar surface area (TPSA) is 62.7 Å². The van der Waals surface area contributed by atoms with E-state index in [-0.39, 0.29) is 5.82 Å². The van der Waals surface area contributed by atoms with E-state index >= 15 is 0 Å². The van der Waals surface area contributed by atoms with Gasteiger partial charge in [-0.05, 0) is 49.6 Å². The maximum absolute atomic E-state index is 13.9. The van der Waals surface area contributed by atoms with Crippen LogP contribution in [0, 0.1) is 12.7 Å². The van der Waals surface area contributed by atoms with Crippen molar-refractivity contribution >= 4 is 17.5 Å². The molecule has 0 bridgehead atoms. The van der Waals surface area contributed by atoms with Crippen LogP contribution in [0.3, 0.4) is 0 Å². The minimum absolute atomic E-state index is 0.246. The summed E-state index contributed by atoms with van der Waals surface area (Å²) in [6, 6.07) is 13.0. The van der Waals surface area contributed by atoms with Crippen molar-refractivity contribution < 1.29 is 4.39 Å². The first-order valence-electron chi connectivity index (χ1n) is 9.77. The molecule has 1 aliphatic carbocycles. The average Bonchev–Trinajstić information content (AvgIpc) is 2.72. The molecule has 2 N–H and O–H groups in total. The molecule has 2 heterocycles. The quantitative estimate of drug-likeness (QED) is 0.617. The fraction of sp³-hybridized carbons (Fsp3) is 0.318. The summed E-state index contributed by atoms with van der Waals surface area (Å²) >= 11 is 0. The number of rotatable bonds is 5. The molecule has 0 amide bonds. The molecule has 2 aromatic heterocycles. The Labute approximate surface area is 164 Å². The number of halogens is 1. The van der Waals surface area contributed by atoms with Crippen molar-refractivity contribution in [2.45, 2.75) is 45.1 Å². The Bertz CT molecular complexity index is 939. The van der Waals surface area contributed by atoms with Crippen molar-refractivity contribution in [3.63, 3.8) is 0 Å². The van der Waals surface area contributed by atoms with Crippen LogP contribution >= 0.6 is 0 Å². The number of nitrogens with zero attached hydrogens (tertiary/aromatic N) is 3. The molecule has 0 atom stereocenters. The highest BCUT2D eigenvalue weighted by Gasteiger charge is 2.16. The van der Waals surface area contributed by atoms with Crippen LogP contribution in [-0.2, 0) is 0 Å². The summed E-state index contributed by atoms with van der Waals surface area (Å²) in [4.78, 5) is 13.7. The number of pyridine rings is 1. The molecule has 3 aromatic rings. The van der Waals surface area contributed by atoms with E-state index in [4.69, 9.17) is 0 Å². The van der Waals surface area contributed by atoms with Crippen molar-refractivity contribution in [2.24, 2.45) is 0 Å². The van der Waals surface area contributed by atoms with E-state index in [2.05, 4.69) is 25.6 Å². The Kier molecular flexibility index (Phi) is 5.46. The standard InChI is InChI=1S/C22H24FN5/c1-15-10-11-17(13-18(15)23)25-21-14-20(19-9-5-6-12-24-19)27-22(28-21)26-16-7-3-2-4-8-16/h5-6,9-14,16H,2-4,7-8H2,1H3,(H2,25,26,27,28). The molecule has 144 valence electrons. The molecule has 1 fully saturated rings. The molecule has 28 heavy (non-hydrogen) atoms. The second-order valence-electron chi connectivity index (χ2n) is 7.25. The number of hydrogen-bond donors (Lipinski definition) is 2. The second kappa shape index (κ2) is 8.33. The van der Waals surface area contributed by atoms with Gasteiger partial charge < -0.3 is 10.6 Å². The van der Waals surface area contributed by atoms with Gasteiger partial charge in [-0.2, -0.15) is 4.98 Å². The zero-order valence-corrected chi connectivity index (χ0v) is 16.0. The van der Waals surface area contributed by atoms with E-state index in [0.717, 1.165) is 24.2 Å². The lowest BCUT2D eigenvalue weighted by atomic mass is 9.96. The van der Waals surface area contributed by atoms with Gasteiger partial charge in [-0.1, -0.05) is 31.4 Å². The van der Waals surface area contributed by atoms with Crippen LogP contribution in [-0.4, -0.2) is 21.0 Å². The fourth-order valence-electron chi connectivity index (χ4n) is 3.47. The molecule has 6 heteroatoms. The summed E-state index contributed by atoms with van der Waals surface area (Å²) in [5.74, 6) is 0.937.